The van der Waals surface area contributed by atoms with Gasteiger partial charge in [-0.1, -0.05) is 17.7 Å². The number of nitrogens with zero attached hydrogens (tertiary/aromatic N) is 2. The number of benzene rings is 2. The maximum absolute atomic E-state index is 13.0. The Morgan fingerprint density at radius 3 is 2.30 bits per heavy atom. The summed E-state index contributed by atoms with van der Waals surface area (Å²) in [6, 6.07) is 14.0. The Balaban J connectivity index is 1.90. The van der Waals surface area contributed by atoms with Crippen molar-refractivity contribution in [1.82, 2.24) is 0 Å². The van der Waals surface area contributed by atoms with Crippen LogP contribution in [0, 0.1) is 6.92 Å². The van der Waals surface area contributed by atoms with E-state index in [2.05, 4.69) is 0 Å². The van der Waals surface area contributed by atoms with E-state index in [9.17, 15) is 14.4 Å². The maximum atomic E-state index is 13.0. The molecule has 0 aliphatic carbocycles. The van der Waals surface area contributed by atoms with Gasteiger partial charge in [0, 0.05) is 12.6 Å². The number of rotatable bonds is 5. The molecule has 0 spiro atoms. The largest absolute Gasteiger partial charge is 0.494 e. The smallest absolute Gasteiger partial charge is 0.295 e. The molecule has 1 aliphatic rings. The first kappa shape index (κ1) is 19.0. The number of carbonyl (C=O) groups is 3. The number of carbonyl (C=O) groups excluding carboxylic acids is 3. The zero-order valence-electron chi connectivity index (χ0n) is 15.3. The van der Waals surface area contributed by atoms with Crippen molar-refractivity contribution in [3.05, 3.63) is 54.1 Å². The summed E-state index contributed by atoms with van der Waals surface area (Å²) in [6.07, 6.45) is 0. The fraction of sp³-hybridized carbons (Fsp3) is 0.250. The lowest BCUT2D eigenvalue weighted by molar-refractivity contribution is -0.121. The number of anilines is 2. The molecule has 140 valence electrons. The number of imide groups is 1. The van der Waals surface area contributed by atoms with E-state index < -0.39 is 16.5 Å². The zero-order valence-corrected chi connectivity index (χ0v) is 16.2. The van der Waals surface area contributed by atoms with Crippen LogP contribution >= 0.6 is 11.8 Å². The fourth-order valence-corrected chi connectivity index (χ4v) is 3.91. The minimum atomic E-state index is -0.936. The highest BCUT2D eigenvalue weighted by molar-refractivity contribution is 8.16. The Morgan fingerprint density at radius 1 is 1.11 bits per heavy atom. The third kappa shape index (κ3) is 3.83. The molecule has 1 aliphatic heterocycles. The van der Waals surface area contributed by atoms with Crippen molar-refractivity contribution >= 4 is 40.2 Å². The van der Waals surface area contributed by atoms with Gasteiger partial charge in [0.05, 0.1) is 12.3 Å². The van der Waals surface area contributed by atoms with Crippen LogP contribution in [0.5, 0.6) is 5.75 Å². The van der Waals surface area contributed by atoms with E-state index in [1.807, 2.05) is 26.0 Å². The van der Waals surface area contributed by atoms with E-state index in [1.54, 1.807) is 36.4 Å². The van der Waals surface area contributed by atoms with Crippen molar-refractivity contribution in [2.75, 3.05) is 16.4 Å². The van der Waals surface area contributed by atoms with Crippen LogP contribution in [0.1, 0.15) is 19.4 Å². The first-order valence-electron chi connectivity index (χ1n) is 8.56. The average molecular weight is 384 g/mol. The van der Waals surface area contributed by atoms with Gasteiger partial charge in [-0.05, 0) is 62.0 Å². The van der Waals surface area contributed by atoms with Gasteiger partial charge in [-0.3, -0.25) is 19.3 Å². The summed E-state index contributed by atoms with van der Waals surface area (Å²) >= 11 is 0.838. The van der Waals surface area contributed by atoms with E-state index in [0.717, 1.165) is 22.2 Å². The Kier molecular flexibility index (Phi) is 5.51. The van der Waals surface area contributed by atoms with Crippen LogP contribution in [0.15, 0.2) is 48.5 Å². The molecule has 1 saturated heterocycles. The summed E-state index contributed by atoms with van der Waals surface area (Å²) in [6.45, 7) is 5.73. The van der Waals surface area contributed by atoms with Gasteiger partial charge < -0.3 is 4.74 Å². The molecule has 6 nitrogen and oxygen atoms in total. The van der Waals surface area contributed by atoms with E-state index in [1.165, 1.54) is 11.8 Å². The van der Waals surface area contributed by atoms with Gasteiger partial charge in [0.1, 0.15) is 5.75 Å². The highest BCUT2D eigenvalue weighted by Gasteiger charge is 2.45. The Bertz CT molecular complexity index is 865. The monoisotopic (exact) mass is 384 g/mol. The number of ether oxygens (including phenoxy) is 1. The topological polar surface area (TPSA) is 66.9 Å². The van der Waals surface area contributed by atoms with E-state index in [-0.39, 0.29) is 5.91 Å². The van der Waals surface area contributed by atoms with Crippen LogP contribution in [0.2, 0.25) is 0 Å². The van der Waals surface area contributed by atoms with Crippen molar-refractivity contribution in [1.29, 1.82) is 0 Å². The Hall–Kier alpha value is -2.80. The third-order valence-corrected chi connectivity index (χ3v) is 5.14. The molecule has 3 amide bonds. The lowest BCUT2D eigenvalue weighted by Gasteiger charge is -2.25. The predicted octanol–water partition coefficient (Wildman–Crippen LogP) is 3.97. The van der Waals surface area contributed by atoms with Crippen molar-refractivity contribution in [2.24, 2.45) is 0 Å². The molecule has 0 aromatic heterocycles. The second-order valence-corrected chi connectivity index (χ2v) is 7.09. The van der Waals surface area contributed by atoms with E-state index in [4.69, 9.17) is 4.74 Å². The quantitative estimate of drug-likeness (QED) is 0.780. The van der Waals surface area contributed by atoms with Crippen molar-refractivity contribution in [3.63, 3.8) is 0 Å². The standard InChI is InChI=1S/C20H20N2O4S/c1-4-26-17-11-9-15(10-12-17)21(14(3)23)19-18(24)22(20(25)27-19)16-7-5-13(2)6-8-16/h5-12,19H,4H2,1-3H3. The second-order valence-electron chi connectivity index (χ2n) is 6.06. The average Bonchev–Trinajstić information content (AvgIpc) is 2.92. The first-order chi connectivity index (χ1) is 12.9. The Morgan fingerprint density at radius 2 is 1.74 bits per heavy atom. The number of aryl methyl sites for hydroxylation is 1. The van der Waals surface area contributed by atoms with Crippen LogP contribution < -0.4 is 14.5 Å². The van der Waals surface area contributed by atoms with Crippen molar-refractivity contribution in [2.45, 2.75) is 26.1 Å². The molecule has 0 saturated carbocycles. The number of hydrogen-bond donors (Lipinski definition) is 0. The molecule has 3 rings (SSSR count). The van der Waals surface area contributed by atoms with Crippen LogP contribution in [-0.2, 0) is 9.59 Å². The molecule has 0 bridgehead atoms. The minimum absolute atomic E-state index is 0.316. The third-order valence-electron chi connectivity index (χ3n) is 4.12. The maximum Gasteiger partial charge on any atom is 0.295 e. The number of thioether (sulfide) groups is 1. The van der Waals surface area contributed by atoms with Gasteiger partial charge >= 0.3 is 0 Å². The molecule has 0 radical (unpaired) electrons. The lowest BCUT2D eigenvalue weighted by Crippen LogP contribution is -2.44. The second kappa shape index (κ2) is 7.84. The summed E-state index contributed by atoms with van der Waals surface area (Å²) in [5, 5.41) is -1.33. The summed E-state index contributed by atoms with van der Waals surface area (Å²) < 4.78 is 5.41. The van der Waals surface area contributed by atoms with Crippen molar-refractivity contribution in [3.8, 4) is 5.75 Å². The van der Waals surface area contributed by atoms with Crippen molar-refractivity contribution < 1.29 is 19.1 Å². The van der Waals surface area contributed by atoms with Gasteiger partial charge in [0.25, 0.3) is 11.1 Å². The number of amides is 3. The summed E-state index contributed by atoms with van der Waals surface area (Å²) in [7, 11) is 0. The zero-order chi connectivity index (χ0) is 19.6. The molecule has 2 aromatic rings. The molecule has 1 fully saturated rings. The highest BCUT2D eigenvalue weighted by atomic mass is 32.2. The molecular formula is C20H20N2O4S. The van der Waals surface area contributed by atoms with Crippen LogP contribution in [0.25, 0.3) is 0 Å². The highest BCUT2D eigenvalue weighted by Crippen LogP contribution is 2.36. The molecule has 0 N–H and O–H groups in total. The molecule has 7 heteroatoms. The lowest BCUT2D eigenvalue weighted by atomic mass is 10.2. The van der Waals surface area contributed by atoms with Crippen LogP contribution in [-0.4, -0.2) is 29.0 Å². The molecule has 27 heavy (non-hydrogen) atoms. The van der Waals surface area contributed by atoms with E-state index in [0.29, 0.717) is 23.7 Å². The predicted molar refractivity (Wildman–Crippen MR) is 106 cm³/mol. The molecule has 1 heterocycles. The van der Waals surface area contributed by atoms with Gasteiger partial charge in [0.15, 0.2) is 5.37 Å². The fourth-order valence-electron chi connectivity index (χ4n) is 2.84. The van der Waals surface area contributed by atoms with Gasteiger partial charge in [-0.25, -0.2) is 4.90 Å². The minimum Gasteiger partial charge on any atom is -0.494 e. The van der Waals surface area contributed by atoms with E-state index >= 15 is 0 Å². The molecule has 2 aromatic carbocycles. The van der Waals surface area contributed by atoms with Gasteiger partial charge in [-0.2, -0.15) is 0 Å². The van der Waals surface area contributed by atoms with Crippen LogP contribution in [0.4, 0.5) is 16.2 Å². The van der Waals surface area contributed by atoms with Gasteiger partial charge in [-0.15, -0.1) is 0 Å². The summed E-state index contributed by atoms with van der Waals surface area (Å²) in [5.74, 6) is -0.0750. The Labute approximate surface area is 162 Å². The summed E-state index contributed by atoms with van der Waals surface area (Å²) in [4.78, 5) is 40.2. The summed E-state index contributed by atoms with van der Waals surface area (Å²) in [5.41, 5.74) is 2.07. The van der Waals surface area contributed by atoms with Gasteiger partial charge in [0.2, 0.25) is 5.91 Å². The first-order valence-corrected chi connectivity index (χ1v) is 9.44. The SMILES string of the molecule is CCOc1ccc(N(C(C)=O)C2SC(=O)N(c3ccc(C)cc3)C2=O)cc1. The molecule has 1 atom stereocenters. The van der Waals surface area contributed by atoms with Crippen LogP contribution in [0.3, 0.4) is 0 Å². The number of hydrogen-bond acceptors (Lipinski definition) is 5. The normalized spacial score (nSPS) is 16.6. The molecular weight excluding hydrogens is 364 g/mol. The molecule has 1 unspecified atom stereocenters.